The number of aromatic nitrogens is 2. The van der Waals surface area contributed by atoms with Gasteiger partial charge in [0.05, 0.1) is 13.2 Å². The van der Waals surface area contributed by atoms with Crippen LogP contribution < -0.4 is 4.57 Å². The second kappa shape index (κ2) is 4.36. The van der Waals surface area contributed by atoms with Gasteiger partial charge in [0.1, 0.15) is 21.2 Å². The van der Waals surface area contributed by atoms with Crippen molar-refractivity contribution in [1.82, 2.24) is 4.57 Å². The van der Waals surface area contributed by atoms with E-state index in [9.17, 15) is 0 Å². The van der Waals surface area contributed by atoms with Gasteiger partial charge in [-0.15, -0.1) is 0 Å². The van der Waals surface area contributed by atoms with Crippen molar-refractivity contribution in [2.45, 2.75) is 57.8 Å². The van der Waals surface area contributed by atoms with Crippen LogP contribution in [0.2, 0.25) is 10.1 Å². The van der Waals surface area contributed by atoms with Crippen LogP contribution >= 0.6 is 0 Å². The number of rotatable bonds is 2. The third-order valence-corrected chi connectivity index (χ3v) is 7.28. The first-order valence-corrected chi connectivity index (χ1v) is 7.69. The fraction of sp³-hybridized carbons (Fsp3) is 0.769. The van der Waals surface area contributed by atoms with Gasteiger partial charge in [0.2, 0.25) is 6.33 Å². The first-order chi connectivity index (χ1) is 7.10. The second-order valence-electron chi connectivity index (χ2n) is 6.73. The molecule has 91 valence electrons. The molecule has 0 atom stereocenters. The Hall–Kier alpha value is -0.573. The van der Waals surface area contributed by atoms with Crippen LogP contribution in [0.25, 0.3) is 0 Å². The van der Waals surface area contributed by atoms with Crippen molar-refractivity contribution >= 4 is 8.80 Å². The molecule has 0 amide bonds. The molecule has 0 bridgehead atoms. The molecule has 0 aromatic carbocycles. The quantitative estimate of drug-likeness (QED) is 0.553. The largest absolute Gasteiger partial charge is 0.243 e. The number of hydrogen-bond donors (Lipinski definition) is 0. The van der Waals surface area contributed by atoms with Gasteiger partial charge in [-0.2, -0.15) is 0 Å². The SMILES string of the molecule is C[n+]1ccn(C[Si](C(C)(C)C)C(C)(C)C)c1. The molecule has 16 heavy (non-hydrogen) atoms. The third kappa shape index (κ3) is 3.48. The first-order valence-electron chi connectivity index (χ1n) is 5.98. The molecule has 1 aromatic rings. The standard InChI is InChI=1S/C13H26N2Si/c1-12(2,3)16(13(4,5)6)11-15-9-8-14(7)10-15/h8-10H,11H2,1-7H3/q+1. The van der Waals surface area contributed by atoms with Gasteiger partial charge in [-0.25, -0.2) is 9.13 Å². The van der Waals surface area contributed by atoms with E-state index in [-0.39, 0.29) is 0 Å². The van der Waals surface area contributed by atoms with Gasteiger partial charge in [0.15, 0.2) is 0 Å². The van der Waals surface area contributed by atoms with E-state index in [0.29, 0.717) is 10.1 Å². The zero-order chi connectivity index (χ0) is 12.6. The highest BCUT2D eigenvalue weighted by Crippen LogP contribution is 2.42. The molecule has 0 aliphatic rings. The summed E-state index contributed by atoms with van der Waals surface area (Å²) < 4.78 is 4.45. The van der Waals surface area contributed by atoms with Gasteiger partial charge in [0, 0.05) is 0 Å². The predicted octanol–water partition coefficient (Wildman–Crippen LogP) is 2.95. The van der Waals surface area contributed by atoms with E-state index in [1.54, 1.807) is 0 Å². The Balaban J connectivity index is 2.88. The Labute approximate surface area is 102 Å². The average Bonchev–Trinajstić information content (AvgIpc) is 2.43. The Bertz CT molecular complexity index is 328. The zero-order valence-corrected chi connectivity index (χ0v) is 12.8. The summed E-state index contributed by atoms with van der Waals surface area (Å²) in [4.78, 5) is 0. The molecule has 3 heteroatoms. The van der Waals surface area contributed by atoms with E-state index in [4.69, 9.17) is 0 Å². The fourth-order valence-electron chi connectivity index (χ4n) is 2.38. The van der Waals surface area contributed by atoms with Gasteiger partial charge in [0.25, 0.3) is 0 Å². The van der Waals surface area contributed by atoms with Gasteiger partial charge >= 0.3 is 0 Å². The lowest BCUT2D eigenvalue weighted by molar-refractivity contribution is -0.671. The highest BCUT2D eigenvalue weighted by Gasteiger charge is 2.38. The molecule has 0 saturated heterocycles. The molecule has 1 heterocycles. The van der Waals surface area contributed by atoms with Crippen molar-refractivity contribution in [1.29, 1.82) is 0 Å². The minimum Gasteiger partial charge on any atom is -0.240 e. The molecule has 0 N–H and O–H groups in total. The van der Waals surface area contributed by atoms with Crippen molar-refractivity contribution in [3.63, 3.8) is 0 Å². The van der Waals surface area contributed by atoms with Gasteiger partial charge in [-0.05, 0) is 10.1 Å². The summed E-state index contributed by atoms with van der Waals surface area (Å²) in [5.74, 6) is 0. The number of imidazole rings is 1. The molecule has 0 saturated carbocycles. The van der Waals surface area contributed by atoms with Crippen LogP contribution in [0.3, 0.4) is 0 Å². The van der Waals surface area contributed by atoms with Crippen LogP contribution in [0.15, 0.2) is 18.7 Å². The molecule has 0 spiro atoms. The number of nitrogens with zero attached hydrogens (tertiary/aromatic N) is 2. The summed E-state index contributed by atoms with van der Waals surface area (Å²) in [5, 5.41) is 0.873. The molecule has 0 aliphatic carbocycles. The van der Waals surface area contributed by atoms with Crippen molar-refractivity contribution in [2.24, 2.45) is 7.05 Å². The Morgan fingerprint density at radius 2 is 1.56 bits per heavy atom. The maximum absolute atomic E-state index is 2.38. The normalized spacial score (nSPS) is 13.5. The number of hydrogen-bond acceptors (Lipinski definition) is 0. The Morgan fingerprint density at radius 3 is 1.88 bits per heavy atom. The molecular weight excluding hydrogens is 212 g/mol. The first kappa shape index (κ1) is 13.5. The topological polar surface area (TPSA) is 8.81 Å². The monoisotopic (exact) mass is 238 g/mol. The Kier molecular flexibility index (Phi) is 3.68. The molecule has 0 unspecified atom stereocenters. The highest BCUT2D eigenvalue weighted by molar-refractivity contribution is 6.64. The highest BCUT2D eigenvalue weighted by atomic mass is 28.3. The van der Waals surface area contributed by atoms with Crippen LogP contribution in [-0.4, -0.2) is 13.4 Å². The van der Waals surface area contributed by atoms with E-state index in [1.165, 1.54) is 6.17 Å². The molecule has 0 aliphatic heterocycles. The van der Waals surface area contributed by atoms with Crippen LogP contribution in [0, 0.1) is 0 Å². The van der Waals surface area contributed by atoms with Crippen molar-refractivity contribution in [2.75, 3.05) is 0 Å². The number of aryl methyl sites for hydroxylation is 1. The van der Waals surface area contributed by atoms with Gasteiger partial charge in [-0.1, -0.05) is 41.5 Å². The molecule has 0 fully saturated rings. The third-order valence-electron chi connectivity index (χ3n) is 2.98. The predicted molar refractivity (Wildman–Crippen MR) is 70.8 cm³/mol. The van der Waals surface area contributed by atoms with E-state index >= 15 is 0 Å². The van der Waals surface area contributed by atoms with Gasteiger partial charge < -0.3 is 0 Å². The molecule has 1 rings (SSSR count). The molecule has 1 aromatic heterocycles. The molecule has 1 radical (unpaired) electrons. The van der Waals surface area contributed by atoms with E-state index in [2.05, 4.69) is 76.4 Å². The summed E-state index contributed by atoms with van der Waals surface area (Å²) in [6.45, 7) is 14.3. The maximum atomic E-state index is 2.38. The molecular formula is C13H26N2Si+. The molecule has 2 nitrogen and oxygen atoms in total. The Morgan fingerprint density at radius 1 is 1.06 bits per heavy atom. The van der Waals surface area contributed by atoms with Crippen molar-refractivity contribution in [3.05, 3.63) is 18.7 Å². The van der Waals surface area contributed by atoms with E-state index in [1.807, 2.05) is 0 Å². The smallest absolute Gasteiger partial charge is 0.240 e. The summed E-state index contributed by atoms with van der Waals surface area (Å²) in [6.07, 6.45) is 7.67. The van der Waals surface area contributed by atoms with Crippen LogP contribution in [0.1, 0.15) is 41.5 Å². The maximum Gasteiger partial charge on any atom is 0.243 e. The minimum absolute atomic E-state index is 0.436. The summed E-state index contributed by atoms with van der Waals surface area (Å²) in [6, 6.07) is 0. The zero-order valence-electron chi connectivity index (χ0n) is 11.8. The van der Waals surface area contributed by atoms with Crippen LogP contribution in [0.4, 0.5) is 0 Å². The van der Waals surface area contributed by atoms with Crippen LogP contribution in [-0.2, 0) is 13.2 Å². The van der Waals surface area contributed by atoms with Crippen LogP contribution in [0.5, 0.6) is 0 Å². The van der Waals surface area contributed by atoms with Gasteiger partial charge in [-0.3, -0.25) is 0 Å². The lowest BCUT2D eigenvalue weighted by Gasteiger charge is -2.37. The summed E-state index contributed by atoms with van der Waals surface area (Å²) in [5.41, 5.74) is 0. The summed E-state index contributed by atoms with van der Waals surface area (Å²) >= 11 is 0. The minimum atomic E-state index is -0.465. The fourth-order valence-corrected chi connectivity index (χ4v) is 6.13. The lowest BCUT2D eigenvalue weighted by atomic mass is 10.2. The van der Waals surface area contributed by atoms with Crippen molar-refractivity contribution in [3.8, 4) is 0 Å². The van der Waals surface area contributed by atoms with Crippen molar-refractivity contribution < 1.29 is 4.57 Å². The lowest BCUT2D eigenvalue weighted by Crippen LogP contribution is -2.39. The second-order valence-corrected chi connectivity index (χ2v) is 11.0. The van der Waals surface area contributed by atoms with E-state index < -0.39 is 8.80 Å². The van der Waals surface area contributed by atoms with E-state index in [0.717, 1.165) is 0 Å². The summed E-state index contributed by atoms with van der Waals surface area (Å²) in [7, 11) is 1.62. The average molecular weight is 238 g/mol.